The Balaban J connectivity index is 2.16. The van der Waals surface area contributed by atoms with E-state index in [9.17, 15) is 4.39 Å². The summed E-state index contributed by atoms with van der Waals surface area (Å²) in [7, 11) is 0. The van der Waals surface area contributed by atoms with E-state index in [-0.39, 0.29) is 5.82 Å². The first-order chi connectivity index (χ1) is 7.18. The van der Waals surface area contributed by atoms with E-state index >= 15 is 0 Å². The highest BCUT2D eigenvalue weighted by Crippen LogP contribution is 2.25. The molecule has 0 bridgehead atoms. The summed E-state index contributed by atoms with van der Waals surface area (Å²) in [5, 5.41) is 0. The van der Waals surface area contributed by atoms with Gasteiger partial charge in [-0.2, -0.15) is 0 Å². The normalized spacial score (nSPS) is 22.2. The Morgan fingerprint density at radius 1 is 1.53 bits per heavy atom. The van der Waals surface area contributed by atoms with E-state index in [0.29, 0.717) is 12.6 Å². The molecule has 0 spiro atoms. The Morgan fingerprint density at radius 3 is 2.93 bits per heavy atom. The van der Waals surface area contributed by atoms with E-state index in [1.165, 1.54) is 18.9 Å². The largest absolute Gasteiger partial charge is 0.296 e. The van der Waals surface area contributed by atoms with Crippen molar-refractivity contribution in [2.45, 2.75) is 32.4 Å². The van der Waals surface area contributed by atoms with Crippen LogP contribution in [0, 0.1) is 5.82 Å². The molecular weight excluding hydrogens is 257 g/mol. The molecule has 1 aromatic carbocycles. The van der Waals surface area contributed by atoms with Gasteiger partial charge in [0.15, 0.2) is 0 Å². The van der Waals surface area contributed by atoms with E-state index in [0.717, 1.165) is 16.6 Å². The summed E-state index contributed by atoms with van der Waals surface area (Å²) in [6, 6.07) is 5.74. The molecule has 0 saturated carbocycles. The van der Waals surface area contributed by atoms with Gasteiger partial charge < -0.3 is 0 Å². The quantitative estimate of drug-likeness (QED) is 0.795. The summed E-state index contributed by atoms with van der Waals surface area (Å²) in [4.78, 5) is 2.34. The lowest BCUT2D eigenvalue weighted by Crippen LogP contribution is -2.26. The first-order valence-electron chi connectivity index (χ1n) is 5.35. The standard InChI is InChI=1S/C12H15BrFN/c1-9-4-3-7-15(9)8-10-11(13)5-2-6-12(10)14/h2,5-6,9H,3-4,7-8H2,1H3/t9-/m0/s1. The fourth-order valence-corrected chi connectivity index (χ4v) is 2.58. The summed E-state index contributed by atoms with van der Waals surface area (Å²) in [6.07, 6.45) is 2.46. The van der Waals surface area contributed by atoms with Crippen molar-refractivity contribution in [1.29, 1.82) is 0 Å². The zero-order valence-corrected chi connectivity index (χ0v) is 10.4. The van der Waals surface area contributed by atoms with Gasteiger partial charge in [-0.05, 0) is 38.4 Å². The molecule has 1 aliphatic rings. The summed E-state index contributed by atoms with van der Waals surface area (Å²) in [5.74, 6) is -0.108. The molecule has 1 saturated heterocycles. The molecule has 0 amide bonds. The third-order valence-electron chi connectivity index (χ3n) is 3.11. The minimum atomic E-state index is -0.108. The molecule has 0 N–H and O–H groups in total. The molecule has 1 nitrogen and oxygen atoms in total. The van der Waals surface area contributed by atoms with E-state index in [1.807, 2.05) is 6.07 Å². The first-order valence-corrected chi connectivity index (χ1v) is 6.14. The topological polar surface area (TPSA) is 3.24 Å². The van der Waals surface area contributed by atoms with Crippen LogP contribution in [0.2, 0.25) is 0 Å². The van der Waals surface area contributed by atoms with Crippen LogP contribution >= 0.6 is 15.9 Å². The zero-order chi connectivity index (χ0) is 10.8. The van der Waals surface area contributed by atoms with E-state index in [1.54, 1.807) is 6.07 Å². The number of nitrogens with zero attached hydrogens (tertiary/aromatic N) is 1. The molecule has 1 aromatic rings. The van der Waals surface area contributed by atoms with Crippen molar-refractivity contribution in [3.8, 4) is 0 Å². The van der Waals surface area contributed by atoms with Crippen molar-refractivity contribution >= 4 is 15.9 Å². The number of halogens is 2. The first kappa shape index (κ1) is 11.1. The van der Waals surface area contributed by atoms with Crippen LogP contribution in [0.4, 0.5) is 4.39 Å². The second kappa shape index (κ2) is 4.62. The van der Waals surface area contributed by atoms with Crippen LogP contribution < -0.4 is 0 Å². The zero-order valence-electron chi connectivity index (χ0n) is 8.84. The van der Waals surface area contributed by atoms with Crippen LogP contribution in [-0.2, 0) is 6.54 Å². The fourth-order valence-electron chi connectivity index (χ4n) is 2.11. The van der Waals surface area contributed by atoms with E-state index < -0.39 is 0 Å². The van der Waals surface area contributed by atoms with Gasteiger partial charge >= 0.3 is 0 Å². The third-order valence-corrected chi connectivity index (χ3v) is 3.86. The second-order valence-corrected chi connectivity index (χ2v) is 5.02. The number of hydrogen-bond donors (Lipinski definition) is 0. The molecule has 1 fully saturated rings. The maximum atomic E-state index is 13.6. The van der Waals surface area contributed by atoms with Gasteiger partial charge in [-0.25, -0.2) is 4.39 Å². The van der Waals surface area contributed by atoms with Crippen molar-refractivity contribution in [2.24, 2.45) is 0 Å². The number of benzene rings is 1. The van der Waals surface area contributed by atoms with Crippen molar-refractivity contribution in [2.75, 3.05) is 6.54 Å². The molecule has 2 rings (SSSR count). The Kier molecular flexibility index (Phi) is 3.42. The summed E-state index contributed by atoms with van der Waals surface area (Å²) in [5.41, 5.74) is 0.784. The highest BCUT2D eigenvalue weighted by atomic mass is 79.9. The van der Waals surface area contributed by atoms with Crippen LogP contribution in [-0.4, -0.2) is 17.5 Å². The van der Waals surface area contributed by atoms with Gasteiger partial charge in [0.2, 0.25) is 0 Å². The average Bonchev–Trinajstić information content (AvgIpc) is 2.58. The van der Waals surface area contributed by atoms with Gasteiger partial charge in [-0.15, -0.1) is 0 Å². The van der Waals surface area contributed by atoms with Crippen molar-refractivity contribution in [3.63, 3.8) is 0 Å². The number of rotatable bonds is 2. The monoisotopic (exact) mass is 271 g/mol. The summed E-state index contributed by atoms with van der Waals surface area (Å²) >= 11 is 3.41. The van der Waals surface area contributed by atoms with Crippen LogP contribution in [0.3, 0.4) is 0 Å². The maximum Gasteiger partial charge on any atom is 0.128 e. The number of likely N-dealkylation sites (tertiary alicyclic amines) is 1. The third kappa shape index (κ3) is 2.40. The summed E-state index contributed by atoms with van der Waals surface area (Å²) in [6.45, 7) is 4.01. The summed E-state index contributed by atoms with van der Waals surface area (Å²) < 4.78 is 14.5. The molecule has 3 heteroatoms. The molecule has 15 heavy (non-hydrogen) atoms. The predicted molar refractivity (Wildman–Crippen MR) is 63.2 cm³/mol. The van der Waals surface area contributed by atoms with Gasteiger partial charge in [0, 0.05) is 22.6 Å². The lowest BCUT2D eigenvalue weighted by molar-refractivity contribution is 0.256. The Hall–Kier alpha value is -0.410. The van der Waals surface area contributed by atoms with Crippen molar-refractivity contribution in [1.82, 2.24) is 4.90 Å². The predicted octanol–water partition coefficient (Wildman–Crippen LogP) is 3.57. The van der Waals surface area contributed by atoms with Crippen LogP contribution in [0.1, 0.15) is 25.3 Å². The molecule has 1 heterocycles. The Labute approximate surface area is 98.4 Å². The van der Waals surface area contributed by atoms with Crippen LogP contribution in [0.15, 0.2) is 22.7 Å². The average molecular weight is 272 g/mol. The smallest absolute Gasteiger partial charge is 0.128 e. The van der Waals surface area contributed by atoms with Crippen LogP contribution in [0.25, 0.3) is 0 Å². The fraction of sp³-hybridized carbons (Fsp3) is 0.500. The molecule has 82 valence electrons. The lowest BCUT2D eigenvalue weighted by atomic mass is 10.2. The molecule has 1 atom stereocenters. The molecule has 0 aliphatic carbocycles. The highest BCUT2D eigenvalue weighted by molar-refractivity contribution is 9.10. The Morgan fingerprint density at radius 2 is 2.33 bits per heavy atom. The van der Waals surface area contributed by atoms with E-state index in [4.69, 9.17) is 0 Å². The molecular formula is C12H15BrFN. The molecule has 0 unspecified atom stereocenters. The second-order valence-electron chi connectivity index (χ2n) is 4.16. The molecule has 0 aromatic heterocycles. The minimum absolute atomic E-state index is 0.108. The molecule has 0 radical (unpaired) electrons. The van der Waals surface area contributed by atoms with Gasteiger partial charge in [-0.1, -0.05) is 22.0 Å². The highest BCUT2D eigenvalue weighted by Gasteiger charge is 2.21. The van der Waals surface area contributed by atoms with Crippen molar-refractivity contribution < 1.29 is 4.39 Å². The van der Waals surface area contributed by atoms with Gasteiger partial charge in [-0.3, -0.25) is 4.90 Å². The SMILES string of the molecule is C[C@H]1CCCN1Cc1c(F)cccc1Br. The maximum absolute atomic E-state index is 13.6. The van der Waals surface area contributed by atoms with E-state index in [2.05, 4.69) is 27.8 Å². The Bertz CT molecular complexity index is 333. The van der Waals surface area contributed by atoms with Gasteiger partial charge in [0.05, 0.1) is 0 Å². The van der Waals surface area contributed by atoms with Crippen molar-refractivity contribution in [3.05, 3.63) is 34.1 Å². The van der Waals surface area contributed by atoms with Gasteiger partial charge in [0.1, 0.15) is 5.82 Å². The lowest BCUT2D eigenvalue weighted by Gasteiger charge is -2.21. The minimum Gasteiger partial charge on any atom is -0.296 e. The molecule has 1 aliphatic heterocycles. The number of hydrogen-bond acceptors (Lipinski definition) is 1. The van der Waals surface area contributed by atoms with Crippen LogP contribution in [0.5, 0.6) is 0 Å². The van der Waals surface area contributed by atoms with Gasteiger partial charge in [0.25, 0.3) is 0 Å².